The van der Waals surface area contributed by atoms with Crippen molar-refractivity contribution >= 4 is 0 Å². The summed E-state index contributed by atoms with van der Waals surface area (Å²) in [5, 5.41) is 0. The topological polar surface area (TPSA) is 0 Å². The van der Waals surface area contributed by atoms with E-state index in [2.05, 4.69) is 30.6 Å². The Morgan fingerprint density at radius 3 is 2.32 bits per heavy atom. The fourth-order valence-electron chi connectivity index (χ4n) is 4.86. The van der Waals surface area contributed by atoms with Gasteiger partial charge in [0.05, 0.1) is 5.56 Å². The number of rotatable bonds is 2. The summed E-state index contributed by atoms with van der Waals surface area (Å²) < 4.78 is 28.0. The summed E-state index contributed by atoms with van der Waals surface area (Å²) in [5.74, 6) is 7.54. The molecule has 2 aliphatic rings. The minimum absolute atomic E-state index is 0.166. The normalized spacial score (nSPS) is 24.0. The number of hydrogen-bond acceptors (Lipinski definition) is 0. The first-order valence-corrected chi connectivity index (χ1v) is 10.3. The van der Waals surface area contributed by atoms with Crippen LogP contribution in [0.25, 0.3) is 0 Å². The summed E-state index contributed by atoms with van der Waals surface area (Å²) >= 11 is 0. The third-order valence-electron chi connectivity index (χ3n) is 6.59. The molecule has 2 aromatic carbocycles. The van der Waals surface area contributed by atoms with Gasteiger partial charge in [-0.25, -0.2) is 8.78 Å². The standard InChI is InChI=1S/C26H26F2/c1-2-18-3-8-20(9-4-18)22-13-16-25-23(17-22)12-11-21(26(25)28)10-5-19-6-14-24(27)15-7-19/h2,6-7,11-12,14-15,18,20,22H,1,3-4,8-9,13,16-17H2. The molecule has 1 fully saturated rings. The van der Waals surface area contributed by atoms with Gasteiger partial charge < -0.3 is 0 Å². The van der Waals surface area contributed by atoms with E-state index < -0.39 is 0 Å². The predicted octanol–water partition coefficient (Wildman–Crippen LogP) is 6.46. The number of allylic oxidation sites excluding steroid dienone is 1. The van der Waals surface area contributed by atoms with Crippen molar-refractivity contribution in [2.75, 3.05) is 0 Å². The summed E-state index contributed by atoms with van der Waals surface area (Å²) in [6.07, 6.45) is 10.0. The van der Waals surface area contributed by atoms with Crippen molar-refractivity contribution in [1.82, 2.24) is 0 Å². The van der Waals surface area contributed by atoms with E-state index in [1.807, 2.05) is 6.07 Å². The average Bonchev–Trinajstić information content (AvgIpc) is 2.74. The molecule has 4 rings (SSSR count). The fraction of sp³-hybridized carbons (Fsp3) is 0.385. The van der Waals surface area contributed by atoms with Gasteiger partial charge in [-0.1, -0.05) is 24.0 Å². The highest BCUT2D eigenvalue weighted by Crippen LogP contribution is 2.40. The third-order valence-corrected chi connectivity index (χ3v) is 6.59. The molecule has 2 aliphatic carbocycles. The first-order chi connectivity index (χ1) is 13.6. The summed E-state index contributed by atoms with van der Waals surface area (Å²) in [7, 11) is 0. The van der Waals surface area contributed by atoms with E-state index in [0.717, 1.165) is 36.3 Å². The molecule has 0 radical (unpaired) electrons. The van der Waals surface area contributed by atoms with Crippen LogP contribution in [0.15, 0.2) is 49.1 Å². The molecular weight excluding hydrogens is 350 g/mol. The Morgan fingerprint density at radius 1 is 0.857 bits per heavy atom. The lowest BCUT2D eigenvalue weighted by molar-refractivity contribution is 0.205. The fourth-order valence-corrected chi connectivity index (χ4v) is 4.86. The van der Waals surface area contributed by atoms with Crippen molar-refractivity contribution < 1.29 is 8.78 Å². The third kappa shape index (κ3) is 4.04. The van der Waals surface area contributed by atoms with Crippen molar-refractivity contribution in [2.24, 2.45) is 17.8 Å². The zero-order valence-electron chi connectivity index (χ0n) is 16.2. The van der Waals surface area contributed by atoms with E-state index in [9.17, 15) is 4.39 Å². The van der Waals surface area contributed by atoms with E-state index in [-0.39, 0.29) is 11.6 Å². The Balaban J connectivity index is 1.48. The molecule has 28 heavy (non-hydrogen) atoms. The van der Waals surface area contributed by atoms with Gasteiger partial charge in [-0.2, -0.15) is 0 Å². The van der Waals surface area contributed by atoms with Crippen molar-refractivity contribution in [1.29, 1.82) is 0 Å². The van der Waals surface area contributed by atoms with E-state index >= 15 is 4.39 Å². The van der Waals surface area contributed by atoms with Crippen LogP contribution in [0.5, 0.6) is 0 Å². The maximum atomic E-state index is 15.0. The van der Waals surface area contributed by atoms with Crippen LogP contribution in [0, 0.1) is 41.2 Å². The van der Waals surface area contributed by atoms with Crippen molar-refractivity contribution in [3.05, 3.63) is 82.9 Å². The van der Waals surface area contributed by atoms with Crippen LogP contribution >= 0.6 is 0 Å². The largest absolute Gasteiger partial charge is 0.207 e. The number of halogens is 2. The summed E-state index contributed by atoms with van der Waals surface area (Å²) in [6.45, 7) is 3.94. The monoisotopic (exact) mass is 376 g/mol. The maximum absolute atomic E-state index is 15.0. The van der Waals surface area contributed by atoms with Gasteiger partial charge >= 0.3 is 0 Å². The summed E-state index contributed by atoms with van der Waals surface area (Å²) in [4.78, 5) is 0. The van der Waals surface area contributed by atoms with Gasteiger partial charge in [0.15, 0.2) is 0 Å². The van der Waals surface area contributed by atoms with Gasteiger partial charge in [0.1, 0.15) is 11.6 Å². The van der Waals surface area contributed by atoms with Crippen molar-refractivity contribution in [3.63, 3.8) is 0 Å². The molecule has 1 saturated carbocycles. The molecule has 2 heteroatoms. The molecular formula is C26H26F2. The first-order valence-electron chi connectivity index (χ1n) is 10.3. The molecule has 144 valence electrons. The highest BCUT2D eigenvalue weighted by atomic mass is 19.1. The number of fused-ring (bicyclic) bond motifs is 1. The maximum Gasteiger partial charge on any atom is 0.142 e. The highest BCUT2D eigenvalue weighted by Gasteiger charge is 2.30. The molecule has 0 nitrogen and oxygen atoms in total. The Bertz CT molecular complexity index is 906. The van der Waals surface area contributed by atoms with E-state index in [1.54, 1.807) is 12.1 Å². The van der Waals surface area contributed by atoms with Gasteiger partial charge in [0, 0.05) is 5.56 Å². The number of hydrogen-bond donors (Lipinski definition) is 0. The Kier molecular flexibility index (Phi) is 5.62. The second-order valence-electron chi connectivity index (χ2n) is 8.24. The van der Waals surface area contributed by atoms with Gasteiger partial charge in [0.25, 0.3) is 0 Å². The molecule has 0 spiro atoms. The average molecular weight is 376 g/mol. The van der Waals surface area contributed by atoms with E-state index in [0.29, 0.717) is 23.0 Å². The lowest BCUT2D eigenvalue weighted by Gasteiger charge is -2.36. The minimum Gasteiger partial charge on any atom is -0.207 e. The van der Waals surface area contributed by atoms with Crippen LogP contribution in [0.4, 0.5) is 8.78 Å². The SMILES string of the molecule is C=CC1CCC(C2CCc3c(ccc(C#Cc4ccc(F)cc4)c3F)C2)CC1. The van der Waals surface area contributed by atoms with Gasteiger partial charge in [-0.15, -0.1) is 6.58 Å². The quantitative estimate of drug-likeness (QED) is 0.417. The lowest BCUT2D eigenvalue weighted by Crippen LogP contribution is -2.26. The highest BCUT2D eigenvalue weighted by molar-refractivity contribution is 5.47. The Labute approximate surface area is 166 Å². The molecule has 0 bridgehead atoms. The lowest BCUT2D eigenvalue weighted by atomic mass is 9.69. The second-order valence-corrected chi connectivity index (χ2v) is 8.24. The minimum atomic E-state index is -0.293. The second kappa shape index (κ2) is 8.31. The van der Waals surface area contributed by atoms with Crippen molar-refractivity contribution in [2.45, 2.75) is 44.9 Å². The van der Waals surface area contributed by atoms with Crippen molar-refractivity contribution in [3.8, 4) is 11.8 Å². The van der Waals surface area contributed by atoms with Crippen LogP contribution in [-0.2, 0) is 12.8 Å². The molecule has 0 aliphatic heterocycles. The molecule has 0 aromatic heterocycles. The molecule has 0 N–H and O–H groups in total. The molecule has 0 heterocycles. The van der Waals surface area contributed by atoms with E-state index in [1.165, 1.54) is 37.8 Å². The van der Waals surface area contributed by atoms with Crippen LogP contribution in [0.3, 0.4) is 0 Å². The number of benzene rings is 2. The molecule has 2 aromatic rings. The van der Waals surface area contributed by atoms with Crippen LogP contribution < -0.4 is 0 Å². The summed E-state index contributed by atoms with van der Waals surface area (Å²) in [6, 6.07) is 9.84. The first kappa shape index (κ1) is 18.9. The van der Waals surface area contributed by atoms with Crippen LogP contribution in [0.1, 0.15) is 54.4 Å². The van der Waals surface area contributed by atoms with Gasteiger partial charge in [0.2, 0.25) is 0 Å². The zero-order valence-corrected chi connectivity index (χ0v) is 16.2. The Morgan fingerprint density at radius 2 is 1.61 bits per heavy atom. The smallest absolute Gasteiger partial charge is 0.142 e. The Hall–Kier alpha value is -2.40. The zero-order chi connectivity index (χ0) is 19.5. The van der Waals surface area contributed by atoms with Gasteiger partial charge in [-0.3, -0.25) is 0 Å². The predicted molar refractivity (Wildman–Crippen MR) is 110 cm³/mol. The van der Waals surface area contributed by atoms with E-state index in [4.69, 9.17) is 0 Å². The van der Waals surface area contributed by atoms with Gasteiger partial charge in [-0.05, 0) is 104 Å². The van der Waals surface area contributed by atoms with Crippen LogP contribution in [0.2, 0.25) is 0 Å². The molecule has 1 atom stereocenters. The molecule has 0 amide bonds. The summed E-state index contributed by atoms with van der Waals surface area (Å²) in [5.41, 5.74) is 3.13. The molecule has 1 unspecified atom stereocenters. The van der Waals surface area contributed by atoms with Crippen LogP contribution in [-0.4, -0.2) is 0 Å². The molecule has 0 saturated heterocycles.